The van der Waals surface area contributed by atoms with E-state index in [1.165, 1.54) is 16.7 Å². The van der Waals surface area contributed by atoms with Crippen molar-refractivity contribution in [3.05, 3.63) is 34.9 Å². The first-order valence-corrected chi connectivity index (χ1v) is 11.8. The fourth-order valence-corrected chi connectivity index (χ4v) is 5.34. The van der Waals surface area contributed by atoms with Gasteiger partial charge in [0, 0.05) is 42.9 Å². The molecule has 1 aromatic rings. The number of likely N-dealkylation sites (N-methyl/N-ethyl adjacent to an activating group) is 1. The van der Waals surface area contributed by atoms with Crippen LogP contribution in [-0.4, -0.2) is 81.0 Å². The lowest BCUT2D eigenvalue weighted by Gasteiger charge is -2.29. The van der Waals surface area contributed by atoms with E-state index in [9.17, 15) is 24.0 Å². The van der Waals surface area contributed by atoms with Crippen LogP contribution in [0.25, 0.3) is 0 Å². The highest BCUT2D eigenvalue weighted by atomic mass is 32.2. The maximum atomic E-state index is 13.2. The Morgan fingerprint density at radius 2 is 1.97 bits per heavy atom. The van der Waals surface area contributed by atoms with E-state index in [4.69, 9.17) is 0 Å². The normalized spacial score (nSPS) is 22.9. The molecule has 2 unspecified atom stereocenters. The fraction of sp³-hybridized carbons (Fsp3) is 0.500. The molecule has 3 aliphatic rings. The van der Waals surface area contributed by atoms with Gasteiger partial charge in [-0.05, 0) is 38.0 Å². The summed E-state index contributed by atoms with van der Waals surface area (Å²) in [5.41, 5.74) is 1.46. The van der Waals surface area contributed by atoms with Gasteiger partial charge in [-0.25, -0.2) is 0 Å². The molecule has 0 saturated carbocycles. The maximum Gasteiger partial charge on any atom is 0.255 e. The molecule has 170 valence electrons. The lowest BCUT2D eigenvalue weighted by molar-refractivity contribution is -0.137. The number of piperidine rings is 1. The second kappa shape index (κ2) is 8.57. The van der Waals surface area contributed by atoms with Crippen LogP contribution >= 0.6 is 11.8 Å². The minimum atomic E-state index is -0.699. The molecule has 2 atom stereocenters. The summed E-state index contributed by atoms with van der Waals surface area (Å²) in [6.07, 6.45) is 0.474. The van der Waals surface area contributed by atoms with Gasteiger partial charge in [-0.1, -0.05) is 6.07 Å². The number of benzene rings is 1. The molecule has 0 aromatic heterocycles. The van der Waals surface area contributed by atoms with Crippen molar-refractivity contribution in [2.45, 2.75) is 51.4 Å². The van der Waals surface area contributed by atoms with Crippen molar-refractivity contribution in [3.63, 3.8) is 0 Å². The second-order valence-corrected chi connectivity index (χ2v) is 9.61. The SMILES string of the molecule is CC(C)N(C)C(=O)C1CSCN1C(=O)c1ccc2c(c1)C(=O)N(C1CCC(=O)NC1=O)C2. The third-order valence-electron chi connectivity index (χ3n) is 6.33. The fourth-order valence-electron chi connectivity index (χ4n) is 4.19. The molecule has 0 radical (unpaired) electrons. The number of carbonyl (C=O) groups excluding carboxylic acids is 5. The quantitative estimate of drug-likeness (QED) is 0.670. The zero-order valence-electron chi connectivity index (χ0n) is 18.3. The number of hydrogen-bond donors (Lipinski definition) is 1. The number of amides is 5. The number of thioether (sulfide) groups is 1. The first-order chi connectivity index (χ1) is 15.2. The van der Waals surface area contributed by atoms with Crippen LogP contribution in [0.3, 0.4) is 0 Å². The van der Waals surface area contributed by atoms with Crippen molar-refractivity contribution in [3.8, 4) is 0 Å². The van der Waals surface area contributed by atoms with E-state index >= 15 is 0 Å². The van der Waals surface area contributed by atoms with Gasteiger partial charge in [0.25, 0.3) is 11.8 Å². The van der Waals surface area contributed by atoms with Crippen molar-refractivity contribution >= 4 is 41.3 Å². The zero-order chi connectivity index (χ0) is 23.2. The van der Waals surface area contributed by atoms with Gasteiger partial charge in [0.1, 0.15) is 12.1 Å². The van der Waals surface area contributed by atoms with Crippen molar-refractivity contribution in [2.75, 3.05) is 18.7 Å². The Kier molecular flexibility index (Phi) is 5.98. The van der Waals surface area contributed by atoms with Gasteiger partial charge in [0.05, 0.1) is 5.88 Å². The van der Waals surface area contributed by atoms with E-state index in [0.29, 0.717) is 22.8 Å². The Hall–Kier alpha value is -2.88. The van der Waals surface area contributed by atoms with Crippen molar-refractivity contribution in [1.29, 1.82) is 0 Å². The maximum absolute atomic E-state index is 13.2. The van der Waals surface area contributed by atoms with E-state index in [-0.39, 0.29) is 49.1 Å². The molecule has 5 amide bonds. The molecule has 10 heteroatoms. The van der Waals surface area contributed by atoms with Crippen molar-refractivity contribution < 1.29 is 24.0 Å². The van der Waals surface area contributed by atoms with E-state index in [2.05, 4.69) is 5.32 Å². The molecule has 3 aliphatic heterocycles. The molecule has 4 rings (SSSR count). The topological polar surface area (TPSA) is 107 Å². The van der Waals surface area contributed by atoms with Gasteiger partial charge in [0.2, 0.25) is 17.7 Å². The van der Waals surface area contributed by atoms with Gasteiger partial charge >= 0.3 is 0 Å². The summed E-state index contributed by atoms with van der Waals surface area (Å²) in [6.45, 7) is 4.10. The molecule has 0 aliphatic carbocycles. The second-order valence-electron chi connectivity index (χ2n) is 8.61. The number of fused-ring (bicyclic) bond motifs is 1. The summed E-state index contributed by atoms with van der Waals surface area (Å²) >= 11 is 1.53. The molecule has 32 heavy (non-hydrogen) atoms. The van der Waals surface area contributed by atoms with Crippen LogP contribution < -0.4 is 5.32 Å². The number of carbonyl (C=O) groups is 5. The first kappa shape index (κ1) is 22.3. The largest absolute Gasteiger partial charge is 0.342 e. The number of rotatable bonds is 4. The van der Waals surface area contributed by atoms with Crippen LogP contribution in [0.4, 0.5) is 0 Å². The van der Waals surface area contributed by atoms with Gasteiger partial charge < -0.3 is 14.7 Å². The number of hydrogen-bond acceptors (Lipinski definition) is 6. The monoisotopic (exact) mass is 458 g/mol. The molecule has 0 bridgehead atoms. The van der Waals surface area contributed by atoms with E-state index in [1.54, 1.807) is 35.0 Å². The van der Waals surface area contributed by atoms with Crippen LogP contribution in [-0.2, 0) is 20.9 Å². The van der Waals surface area contributed by atoms with Crippen molar-refractivity contribution in [1.82, 2.24) is 20.0 Å². The highest BCUT2D eigenvalue weighted by molar-refractivity contribution is 7.99. The van der Waals surface area contributed by atoms with Crippen LogP contribution in [0.2, 0.25) is 0 Å². The molecule has 1 N–H and O–H groups in total. The minimum absolute atomic E-state index is 0.0286. The molecular formula is C22H26N4O5S. The third kappa shape index (κ3) is 3.87. The van der Waals surface area contributed by atoms with E-state index in [0.717, 1.165) is 5.56 Å². The van der Waals surface area contributed by atoms with Gasteiger partial charge in [-0.3, -0.25) is 29.3 Å². The average molecular weight is 459 g/mol. The zero-order valence-corrected chi connectivity index (χ0v) is 19.1. The van der Waals surface area contributed by atoms with Crippen LogP contribution in [0.5, 0.6) is 0 Å². The molecule has 1 aromatic carbocycles. The average Bonchev–Trinajstić information content (AvgIpc) is 3.37. The van der Waals surface area contributed by atoms with E-state index in [1.807, 2.05) is 13.8 Å². The standard InChI is InChI=1S/C22H26N4O5S/c1-12(2)24(3)22(31)17-10-32-11-26(17)20(29)13-4-5-14-9-25(21(30)15(14)8-13)16-6-7-18(27)23-19(16)28/h4-5,8,12,16-17H,6-7,9-11H2,1-3H3,(H,23,27,28). The lowest BCUT2D eigenvalue weighted by Crippen LogP contribution is -2.52. The summed E-state index contributed by atoms with van der Waals surface area (Å²) in [5, 5.41) is 2.28. The number of imide groups is 1. The van der Waals surface area contributed by atoms with Crippen LogP contribution in [0.1, 0.15) is 53.0 Å². The summed E-state index contributed by atoms with van der Waals surface area (Å²) in [6, 6.07) is 3.74. The molecule has 2 fully saturated rings. The lowest BCUT2D eigenvalue weighted by atomic mass is 10.0. The minimum Gasteiger partial charge on any atom is -0.342 e. The van der Waals surface area contributed by atoms with Crippen LogP contribution in [0.15, 0.2) is 18.2 Å². The summed E-state index contributed by atoms with van der Waals surface area (Å²) in [4.78, 5) is 67.4. The summed E-state index contributed by atoms with van der Waals surface area (Å²) in [5.74, 6) is -0.571. The number of nitrogens with zero attached hydrogens (tertiary/aromatic N) is 3. The summed E-state index contributed by atoms with van der Waals surface area (Å²) in [7, 11) is 1.73. The Morgan fingerprint density at radius 1 is 1.22 bits per heavy atom. The Morgan fingerprint density at radius 3 is 2.66 bits per heavy atom. The third-order valence-corrected chi connectivity index (χ3v) is 7.34. The molecule has 0 spiro atoms. The Labute approximate surface area is 190 Å². The van der Waals surface area contributed by atoms with E-state index < -0.39 is 18.0 Å². The Bertz CT molecular complexity index is 1010. The van der Waals surface area contributed by atoms with Gasteiger partial charge in [-0.15, -0.1) is 11.8 Å². The Balaban J connectivity index is 1.53. The number of nitrogens with one attached hydrogen (secondary N) is 1. The highest BCUT2D eigenvalue weighted by Crippen LogP contribution is 2.30. The van der Waals surface area contributed by atoms with Gasteiger partial charge in [-0.2, -0.15) is 0 Å². The molecule has 3 heterocycles. The highest BCUT2D eigenvalue weighted by Gasteiger charge is 2.41. The predicted molar refractivity (Wildman–Crippen MR) is 118 cm³/mol. The molecular weight excluding hydrogens is 432 g/mol. The summed E-state index contributed by atoms with van der Waals surface area (Å²) < 4.78 is 0. The first-order valence-electron chi connectivity index (χ1n) is 10.6. The smallest absolute Gasteiger partial charge is 0.255 e. The van der Waals surface area contributed by atoms with Crippen molar-refractivity contribution in [2.24, 2.45) is 0 Å². The molecule has 2 saturated heterocycles. The van der Waals surface area contributed by atoms with Gasteiger partial charge in [0.15, 0.2) is 0 Å². The molecule has 9 nitrogen and oxygen atoms in total. The predicted octanol–water partition coefficient (Wildman–Crippen LogP) is 0.829. The van der Waals surface area contributed by atoms with Crippen LogP contribution in [0, 0.1) is 0 Å².